The number of halogens is 4. The Labute approximate surface area is 258 Å². The number of thiazole rings is 1. The van der Waals surface area contributed by atoms with E-state index in [-0.39, 0.29) is 28.7 Å². The molecule has 17 heteroatoms. The van der Waals surface area contributed by atoms with Crippen LogP contribution in [0.1, 0.15) is 58.7 Å². The van der Waals surface area contributed by atoms with Gasteiger partial charge in [0.25, 0.3) is 5.56 Å². The molecule has 0 radical (unpaired) electrons. The summed E-state index contributed by atoms with van der Waals surface area (Å²) in [5, 5.41) is 16.1. The number of pyridine rings is 1. The topological polar surface area (TPSA) is 144 Å². The first-order chi connectivity index (χ1) is 20.7. The van der Waals surface area contributed by atoms with Crippen LogP contribution in [-0.2, 0) is 32.5 Å². The van der Waals surface area contributed by atoms with E-state index in [2.05, 4.69) is 5.16 Å². The molecule has 2 aliphatic heterocycles. The van der Waals surface area contributed by atoms with Gasteiger partial charge >= 0.3 is 16.3 Å². The van der Waals surface area contributed by atoms with Crippen LogP contribution >= 0.6 is 22.9 Å². The molecule has 2 aliphatic rings. The minimum atomic E-state index is -4.96. The highest BCUT2D eigenvalue weighted by atomic mass is 35.5. The maximum atomic E-state index is 13.3. The maximum absolute atomic E-state index is 13.3. The molecule has 0 saturated carbocycles. The number of aromatic nitrogens is 2. The summed E-state index contributed by atoms with van der Waals surface area (Å²) in [5.41, 5.74) is -1.78. The number of carbonyl (C=O) groups is 1. The molecule has 1 atom stereocenters. The zero-order valence-corrected chi connectivity index (χ0v) is 25.3. The van der Waals surface area contributed by atoms with Gasteiger partial charge in [0.15, 0.2) is 11.9 Å². The second-order valence-electron chi connectivity index (χ2n) is 10.2. The quantitative estimate of drug-likeness (QED) is 0.336. The van der Waals surface area contributed by atoms with E-state index in [0.29, 0.717) is 53.5 Å². The molecule has 1 unspecified atom stereocenters. The Morgan fingerprint density at radius 1 is 1.30 bits per heavy atom. The number of carbonyl (C=O) groups excluding carboxylic acids is 1. The highest BCUT2D eigenvalue weighted by Crippen LogP contribution is 2.40. The Hall–Kier alpha value is -3.94. The van der Waals surface area contributed by atoms with Gasteiger partial charge in [0.05, 0.1) is 33.1 Å². The highest BCUT2D eigenvalue weighted by Gasteiger charge is 2.36. The van der Waals surface area contributed by atoms with Crippen molar-refractivity contribution < 1.29 is 35.4 Å². The van der Waals surface area contributed by atoms with Crippen molar-refractivity contribution in [3.63, 3.8) is 0 Å². The summed E-state index contributed by atoms with van der Waals surface area (Å²) in [4.78, 5) is 37.0. The molecule has 1 saturated heterocycles. The lowest BCUT2D eigenvalue weighted by Crippen LogP contribution is -2.41. The molecular formula is C27H23ClF3N5O6S2. The number of nitrogens with zero attached hydrogens (tertiary/aromatic N) is 5. The molecule has 0 N–H and O–H groups in total. The van der Waals surface area contributed by atoms with E-state index in [1.54, 1.807) is 18.2 Å². The van der Waals surface area contributed by atoms with Crippen LogP contribution in [0.2, 0.25) is 5.02 Å². The Balaban J connectivity index is 1.21. The predicted molar refractivity (Wildman–Crippen MR) is 153 cm³/mol. The fourth-order valence-corrected chi connectivity index (χ4v) is 6.75. The number of amides is 1. The number of benzene rings is 1. The van der Waals surface area contributed by atoms with E-state index < -0.39 is 46.0 Å². The van der Waals surface area contributed by atoms with Gasteiger partial charge in [-0.05, 0) is 31.0 Å². The molecule has 1 fully saturated rings. The van der Waals surface area contributed by atoms with Gasteiger partial charge in [0.2, 0.25) is 5.91 Å². The average Bonchev–Trinajstić information content (AvgIpc) is 3.63. The SMILES string of the molecule is CS(=O)(=O)Oc1cccc(Cl)c1C1CC(c2csc(C3CCN(C(=O)Cn4cc(C#N)cc(C(F)(F)F)c4=O)CC3)n2)=NO1. The van der Waals surface area contributed by atoms with Crippen molar-refractivity contribution >= 4 is 44.7 Å². The summed E-state index contributed by atoms with van der Waals surface area (Å²) in [6.45, 7) is -0.00910. The fraction of sp³-hybridized carbons (Fsp3) is 0.370. The van der Waals surface area contributed by atoms with Crippen LogP contribution in [0.3, 0.4) is 0 Å². The molecular weight excluding hydrogens is 647 g/mol. The average molecular weight is 670 g/mol. The zero-order chi connectivity index (χ0) is 31.8. The van der Waals surface area contributed by atoms with E-state index in [1.807, 2.05) is 5.38 Å². The fourth-order valence-electron chi connectivity index (χ4n) is 5.00. The van der Waals surface area contributed by atoms with Crippen LogP contribution in [0, 0.1) is 11.3 Å². The minimum Gasteiger partial charge on any atom is -0.387 e. The van der Waals surface area contributed by atoms with E-state index in [1.165, 1.54) is 22.3 Å². The number of likely N-dealkylation sites (tertiary alicyclic amines) is 1. The molecule has 0 bridgehead atoms. The molecule has 0 aliphatic carbocycles. The second-order valence-corrected chi connectivity index (χ2v) is 13.1. The van der Waals surface area contributed by atoms with Gasteiger partial charge < -0.3 is 18.5 Å². The normalized spacial score (nSPS) is 17.6. The highest BCUT2D eigenvalue weighted by molar-refractivity contribution is 7.86. The van der Waals surface area contributed by atoms with Crippen LogP contribution < -0.4 is 9.74 Å². The lowest BCUT2D eigenvalue weighted by molar-refractivity contribution is -0.139. The molecule has 1 aromatic carbocycles. The number of alkyl halides is 3. The van der Waals surface area contributed by atoms with Crippen LogP contribution in [0.5, 0.6) is 5.75 Å². The van der Waals surface area contributed by atoms with Crippen LogP contribution in [0.15, 0.2) is 45.8 Å². The minimum absolute atomic E-state index is 0.0105. The van der Waals surface area contributed by atoms with E-state index in [4.69, 9.17) is 30.9 Å². The third-order valence-electron chi connectivity index (χ3n) is 7.09. The van der Waals surface area contributed by atoms with Crippen molar-refractivity contribution in [3.05, 3.63) is 78.6 Å². The molecule has 5 rings (SSSR count). The first-order valence-corrected chi connectivity index (χ1v) is 16.2. The molecule has 0 spiro atoms. The van der Waals surface area contributed by atoms with Gasteiger partial charge in [0.1, 0.15) is 23.9 Å². The lowest BCUT2D eigenvalue weighted by atomic mass is 9.97. The smallest absolute Gasteiger partial charge is 0.387 e. The molecule has 3 aromatic rings. The van der Waals surface area contributed by atoms with Crippen molar-refractivity contribution in [1.82, 2.24) is 14.5 Å². The molecule has 2 aromatic heterocycles. The summed E-state index contributed by atoms with van der Waals surface area (Å²) in [7, 11) is -3.81. The Morgan fingerprint density at radius 2 is 2.02 bits per heavy atom. The molecule has 1 amide bonds. The number of oxime groups is 1. The maximum Gasteiger partial charge on any atom is 0.421 e. The zero-order valence-electron chi connectivity index (χ0n) is 22.9. The van der Waals surface area contributed by atoms with E-state index in [9.17, 15) is 31.2 Å². The number of piperidine rings is 1. The lowest BCUT2D eigenvalue weighted by Gasteiger charge is -2.31. The van der Waals surface area contributed by atoms with Gasteiger partial charge in [0, 0.05) is 37.0 Å². The van der Waals surface area contributed by atoms with Gasteiger partial charge in [-0.15, -0.1) is 11.3 Å². The molecule has 4 heterocycles. The van der Waals surface area contributed by atoms with Crippen molar-refractivity contribution in [2.24, 2.45) is 5.16 Å². The van der Waals surface area contributed by atoms with Gasteiger partial charge in [-0.3, -0.25) is 9.59 Å². The number of hydrogen-bond donors (Lipinski definition) is 0. The van der Waals surface area contributed by atoms with E-state index >= 15 is 0 Å². The predicted octanol–water partition coefficient (Wildman–Crippen LogP) is 4.46. The van der Waals surface area contributed by atoms with Crippen molar-refractivity contribution in [1.29, 1.82) is 5.26 Å². The largest absolute Gasteiger partial charge is 0.421 e. The summed E-state index contributed by atoms with van der Waals surface area (Å²) >= 11 is 7.75. The summed E-state index contributed by atoms with van der Waals surface area (Å²) in [6, 6.07) is 6.69. The van der Waals surface area contributed by atoms with Gasteiger partial charge in [-0.1, -0.05) is 22.8 Å². The van der Waals surface area contributed by atoms with Crippen LogP contribution in [-0.4, -0.2) is 53.8 Å². The summed E-state index contributed by atoms with van der Waals surface area (Å²) in [5.74, 6) is -0.475. The monoisotopic (exact) mass is 669 g/mol. The van der Waals surface area contributed by atoms with E-state index in [0.717, 1.165) is 17.5 Å². The van der Waals surface area contributed by atoms with Crippen molar-refractivity contribution in [2.75, 3.05) is 19.3 Å². The number of rotatable bonds is 7. The first-order valence-electron chi connectivity index (χ1n) is 13.1. The molecule has 11 nitrogen and oxygen atoms in total. The van der Waals surface area contributed by atoms with Crippen molar-refractivity contribution in [3.8, 4) is 11.8 Å². The summed E-state index contributed by atoms with van der Waals surface area (Å²) < 4.78 is 68.9. The van der Waals surface area contributed by atoms with Gasteiger partial charge in [-0.25, -0.2) is 4.98 Å². The Morgan fingerprint density at radius 3 is 2.68 bits per heavy atom. The standard InChI is InChI=1S/C27H23ClF3N5O6S2/c1-44(39,40)42-21-4-2-3-18(28)24(21)22-10-19(34-41-22)20-14-43-25(33-20)16-5-7-35(8-6-16)23(37)13-36-12-15(11-32)9-17(26(36)38)27(29,30)31/h2-4,9,12,14,16,22H,5-8,10,13H2,1H3. The Bertz CT molecular complexity index is 1840. The summed E-state index contributed by atoms with van der Waals surface area (Å²) in [6.07, 6.45) is -2.43. The number of hydrogen-bond acceptors (Lipinski definition) is 10. The third kappa shape index (κ3) is 6.90. The Kier molecular flexibility index (Phi) is 8.74. The number of nitriles is 1. The first kappa shape index (κ1) is 31.5. The van der Waals surface area contributed by atoms with Gasteiger partial charge in [-0.2, -0.15) is 26.9 Å². The molecule has 44 heavy (non-hydrogen) atoms. The van der Waals surface area contributed by atoms with Crippen LogP contribution in [0.4, 0.5) is 13.2 Å². The third-order valence-corrected chi connectivity index (χ3v) is 8.90. The van der Waals surface area contributed by atoms with Crippen molar-refractivity contribution in [2.45, 2.75) is 44.0 Å². The second kappa shape index (κ2) is 12.2. The van der Waals surface area contributed by atoms with Crippen LogP contribution in [0.25, 0.3) is 0 Å². The molecule has 232 valence electrons.